The molecule has 5 nitrogen and oxygen atoms in total. The second-order valence-electron chi connectivity index (χ2n) is 8.01. The van der Waals surface area contributed by atoms with Crippen molar-refractivity contribution < 1.29 is 4.79 Å². The van der Waals surface area contributed by atoms with Gasteiger partial charge in [-0.15, -0.1) is 0 Å². The molecule has 2 aromatic carbocycles. The third-order valence-corrected chi connectivity index (χ3v) is 5.96. The Balaban J connectivity index is 1.30. The summed E-state index contributed by atoms with van der Waals surface area (Å²) >= 11 is 0. The molecule has 0 bridgehead atoms. The van der Waals surface area contributed by atoms with Crippen molar-refractivity contribution in [1.29, 1.82) is 0 Å². The quantitative estimate of drug-likeness (QED) is 0.695. The van der Waals surface area contributed by atoms with Crippen molar-refractivity contribution in [2.75, 3.05) is 13.1 Å². The van der Waals surface area contributed by atoms with Crippen molar-refractivity contribution in [2.24, 2.45) is 5.92 Å². The van der Waals surface area contributed by atoms with Gasteiger partial charge in [0.05, 0.1) is 17.6 Å². The van der Waals surface area contributed by atoms with E-state index in [1.165, 1.54) is 11.1 Å². The zero-order valence-corrected chi connectivity index (χ0v) is 17.4. The topological polar surface area (TPSA) is 50.2 Å². The molecule has 2 heterocycles. The molecule has 4 rings (SSSR count). The van der Waals surface area contributed by atoms with E-state index in [-0.39, 0.29) is 11.8 Å². The van der Waals surface area contributed by atoms with Gasteiger partial charge in [0, 0.05) is 19.0 Å². The van der Waals surface area contributed by atoms with Crippen LogP contribution in [0, 0.1) is 12.8 Å². The van der Waals surface area contributed by atoms with Gasteiger partial charge in [0.25, 0.3) is 0 Å². The smallest absolute Gasteiger partial charge is 0.223 e. The van der Waals surface area contributed by atoms with Crippen molar-refractivity contribution in [3.8, 4) is 0 Å². The number of fused-ring (bicyclic) bond motifs is 1. The number of amides is 1. The molecule has 29 heavy (non-hydrogen) atoms. The van der Waals surface area contributed by atoms with Crippen molar-refractivity contribution in [2.45, 2.75) is 46.3 Å². The monoisotopic (exact) mass is 390 g/mol. The van der Waals surface area contributed by atoms with Crippen LogP contribution in [-0.4, -0.2) is 33.4 Å². The van der Waals surface area contributed by atoms with Gasteiger partial charge < -0.3 is 9.88 Å². The van der Waals surface area contributed by atoms with Crippen LogP contribution in [-0.2, 0) is 24.4 Å². The number of aromatic nitrogens is 2. The Labute approximate surface area is 172 Å². The zero-order chi connectivity index (χ0) is 20.2. The minimum atomic E-state index is 0.113. The molecule has 1 N–H and O–H groups in total. The number of carbonyl (C=O) groups is 1. The lowest BCUT2D eigenvalue weighted by atomic mass is 9.96. The predicted molar refractivity (Wildman–Crippen MR) is 116 cm³/mol. The molecule has 1 amide bonds. The second kappa shape index (κ2) is 8.78. The fourth-order valence-corrected chi connectivity index (χ4v) is 4.19. The molecule has 0 atom stereocenters. The van der Waals surface area contributed by atoms with Crippen LogP contribution in [0.25, 0.3) is 11.0 Å². The highest BCUT2D eigenvalue weighted by molar-refractivity contribution is 5.78. The summed E-state index contributed by atoms with van der Waals surface area (Å²) in [5.74, 6) is 1.42. The Kier molecular flexibility index (Phi) is 5.95. The van der Waals surface area contributed by atoms with Gasteiger partial charge in [0.2, 0.25) is 5.91 Å². The van der Waals surface area contributed by atoms with E-state index in [9.17, 15) is 4.79 Å². The summed E-state index contributed by atoms with van der Waals surface area (Å²) in [6.07, 6.45) is 1.82. The predicted octanol–water partition coefficient (Wildman–Crippen LogP) is 3.89. The highest BCUT2D eigenvalue weighted by atomic mass is 16.1. The third kappa shape index (κ3) is 4.51. The lowest BCUT2D eigenvalue weighted by molar-refractivity contribution is -0.126. The first kappa shape index (κ1) is 19.6. The summed E-state index contributed by atoms with van der Waals surface area (Å²) in [4.78, 5) is 19.8. The molecule has 0 aliphatic carbocycles. The van der Waals surface area contributed by atoms with Gasteiger partial charge in [0.15, 0.2) is 0 Å². The lowest BCUT2D eigenvalue weighted by Crippen LogP contribution is -2.40. The number of benzene rings is 2. The number of para-hydroxylation sites is 2. The first-order valence-corrected chi connectivity index (χ1v) is 10.6. The Morgan fingerprint density at radius 2 is 1.83 bits per heavy atom. The fourth-order valence-electron chi connectivity index (χ4n) is 4.19. The molecule has 1 fully saturated rings. The van der Waals surface area contributed by atoms with E-state index < -0.39 is 0 Å². The molecule has 3 aromatic rings. The summed E-state index contributed by atoms with van der Waals surface area (Å²) in [5, 5.41) is 3.11. The molecule has 1 aliphatic rings. The van der Waals surface area contributed by atoms with Crippen LogP contribution in [0.15, 0.2) is 48.5 Å². The van der Waals surface area contributed by atoms with Gasteiger partial charge in [-0.2, -0.15) is 0 Å². The Bertz CT molecular complexity index is 968. The number of rotatable bonds is 6. The number of hydrogen-bond donors (Lipinski definition) is 1. The molecule has 1 aliphatic heterocycles. The molecule has 0 spiro atoms. The largest absolute Gasteiger partial charge is 0.352 e. The molecule has 1 aromatic heterocycles. The third-order valence-electron chi connectivity index (χ3n) is 5.96. The van der Waals surface area contributed by atoms with E-state index in [0.717, 1.165) is 55.9 Å². The molecule has 1 saturated heterocycles. The average Bonchev–Trinajstić information content (AvgIpc) is 3.10. The van der Waals surface area contributed by atoms with E-state index in [4.69, 9.17) is 4.98 Å². The molecule has 0 saturated carbocycles. The van der Waals surface area contributed by atoms with Gasteiger partial charge in [-0.05, 0) is 57.5 Å². The van der Waals surface area contributed by atoms with Gasteiger partial charge >= 0.3 is 0 Å². The summed E-state index contributed by atoms with van der Waals surface area (Å²) in [7, 11) is 0. The summed E-state index contributed by atoms with van der Waals surface area (Å²) < 4.78 is 2.30. The highest BCUT2D eigenvalue weighted by Crippen LogP contribution is 2.22. The Morgan fingerprint density at radius 1 is 1.10 bits per heavy atom. The van der Waals surface area contributed by atoms with Crippen LogP contribution in [0.1, 0.15) is 36.7 Å². The number of aryl methyl sites for hydroxylation is 2. The van der Waals surface area contributed by atoms with Crippen molar-refractivity contribution in [1.82, 2.24) is 19.8 Å². The van der Waals surface area contributed by atoms with Crippen molar-refractivity contribution >= 4 is 16.9 Å². The SMILES string of the molecule is CCn1c(CN2CCC(C(=O)NCc3ccc(C)cc3)CC2)nc2ccccc21. The molecule has 0 unspecified atom stereocenters. The molecular formula is C24H30N4O. The van der Waals surface area contributed by atoms with E-state index in [2.05, 4.69) is 71.1 Å². The summed E-state index contributed by atoms with van der Waals surface area (Å²) in [5.41, 5.74) is 4.66. The Morgan fingerprint density at radius 3 is 2.55 bits per heavy atom. The number of imidazole rings is 1. The van der Waals surface area contributed by atoms with Crippen LogP contribution in [0.3, 0.4) is 0 Å². The molecule has 152 valence electrons. The van der Waals surface area contributed by atoms with Gasteiger partial charge in [0.1, 0.15) is 5.82 Å². The maximum atomic E-state index is 12.6. The van der Waals surface area contributed by atoms with Gasteiger partial charge in [-0.25, -0.2) is 4.98 Å². The maximum Gasteiger partial charge on any atom is 0.223 e. The van der Waals surface area contributed by atoms with E-state index in [1.54, 1.807) is 0 Å². The summed E-state index contributed by atoms with van der Waals surface area (Å²) in [6, 6.07) is 16.7. The van der Waals surface area contributed by atoms with E-state index in [0.29, 0.717) is 6.54 Å². The van der Waals surface area contributed by atoms with Crippen LogP contribution >= 0.6 is 0 Å². The minimum absolute atomic E-state index is 0.113. The second-order valence-corrected chi connectivity index (χ2v) is 8.01. The molecule has 5 heteroatoms. The lowest BCUT2D eigenvalue weighted by Gasteiger charge is -2.31. The standard InChI is InChI=1S/C24H30N4O/c1-3-28-22-7-5-4-6-21(22)26-23(28)17-27-14-12-20(13-15-27)24(29)25-16-19-10-8-18(2)9-11-19/h4-11,20H,3,12-17H2,1-2H3,(H,25,29). The number of nitrogens with one attached hydrogen (secondary N) is 1. The van der Waals surface area contributed by atoms with Crippen molar-refractivity contribution in [3.63, 3.8) is 0 Å². The number of likely N-dealkylation sites (tertiary alicyclic amines) is 1. The van der Waals surface area contributed by atoms with E-state index >= 15 is 0 Å². The highest BCUT2D eigenvalue weighted by Gasteiger charge is 2.25. The van der Waals surface area contributed by atoms with Crippen molar-refractivity contribution in [3.05, 3.63) is 65.5 Å². The van der Waals surface area contributed by atoms with Crippen LogP contribution in [0.4, 0.5) is 0 Å². The first-order valence-electron chi connectivity index (χ1n) is 10.6. The normalized spacial score (nSPS) is 15.7. The number of hydrogen-bond acceptors (Lipinski definition) is 3. The minimum Gasteiger partial charge on any atom is -0.352 e. The number of piperidine rings is 1. The van der Waals surface area contributed by atoms with Gasteiger partial charge in [-0.3, -0.25) is 9.69 Å². The van der Waals surface area contributed by atoms with Crippen LogP contribution in [0.5, 0.6) is 0 Å². The summed E-state index contributed by atoms with van der Waals surface area (Å²) in [6.45, 7) is 8.51. The van der Waals surface area contributed by atoms with Crippen LogP contribution in [0.2, 0.25) is 0 Å². The zero-order valence-electron chi connectivity index (χ0n) is 17.4. The molecule has 0 radical (unpaired) electrons. The maximum absolute atomic E-state index is 12.6. The fraction of sp³-hybridized carbons (Fsp3) is 0.417. The van der Waals surface area contributed by atoms with Crippen LogP contribution < -0.4 is 5.32 Å². The van der Waals surface area contributed by atoms with Gasteiger partial charge in [-0.1, -0.05) is 42.0 Å². The first-order chi connectivity index (χ1) is 14.1. The number of nitrogens with zero attached hydrogens (tertiary/aromatic N) is 3. The number of carbonyl (C=O) groups excluding carboxylic acids is 1. The Hall–Kier alpha value is -2.66. The molecular weight excluding hydrogens is 360 g/mol. The van der Waals surface area contributed by atoms with E-state index in [1.807, 2.05) is 6.07 Å². The average molecular weight is 391 g/mol.